The second-order valence-corrected chi connectivity index (χ2v) is 7.00. The lowest BCUT2D eigenvalue weighted by Crippen LogP contribution is -2.02. The number of hydrogen-bond donors (Lipinski definition) is 0. The van der Waals surface area contributed by atoms with E-state index in [1.807, 2.05) is 25.1 Å². The molecule has 1 aromatic heterocycles. The van der Waals surface area contributed by atoms with Crippen LogP contribution in [-0.2, 0) is 10.5 Å². The van der Waals surface area contributed by atoms with E-state index in [2.05, 4.69) is 18.0 Å². The molecule has 0 amide bonds. The number of rotatable bonds is 7. The minimum absolute atomic E-state index is 0.368. The van der Waals surface area contributed by atoms with Crippen LogP contribution in [0, 0.1) is 19.8 Å². The molecule has 3 rings (SSSR count). The Morgan fingerprint density at radius 1 is 1.32 bits per heavy atom. The Morgan fingerprint density at radius 3 is 2.82 bits per heavy atom. The predicted octanol–water partition coefficient (Wildman–Crippen LogP) is 4.56. The molecule has 3 nitrogen and oxygen atoms in total. The summed E-state index contributed by atoms with van der Waals surface area (Å²) >= 11 is 1.64. The molecule has 0 aliphatic heterocycles. The third kappa shape index (κ3) is 3.80. The van der Waals surface area contributed by atoms with Gasteiger partial charge in [0, 0.05) is 17.7 Å². The van der Waals surface area contributed by atoms with Gasteiger partial charge in [-0.3, -0.25) is 4.79 Å². The highest BCUT2D eigenvalue weighted by molar-refractivity contribution is 7.99. The topological polar surface area (TPSA) is 43.1 Å². The lowest BCUT2D eigenvalue weighted by atomic mass is 10.1. The van der Waals surface area contributed by atoms with Gasteiger partial charge in [0.25, 0.3) is 0 Å². The van der Waals surface area contributed by atoms with Crippen LogP contribution in [0.1, 0.15) is 36.3 Å². The zero-order valence-corrected chi connectivity index (χ0v) is 13.9. The van der Waals surface area contributed by atoms with E-state index < -0.39 is 0 Å². The molecule has 1 aromatic carbocycles. The molecule has 2 aromatic rings. The van der Waals surface area contributed by atoms with Crippen LogP contribution in [-0.4, -0.2) is 16.5 Å². The van der Waals surface area contributed by atoms with E-state index in [0.29, 0.717) is 23.3 Å². The number of oxazole rings is 1. The van der Waals surface area contributed by atoms with Gasteiger partial charge in [-0.2, -0.15) is 0 Å². The normalized spacial score (nSPS) is 14.3. The van der Waals surface area contributed by atoms with Gasteiger partial charge in [0.1, 0.15) is 11.5 Å². The molecular formula is C18H21NO2S. The number of benzene rings is 1. The first-order chi connectivity index (χ1) is 10.6. The Labute approximate surface area is 135 Å². The lowest BCUT2D eigenvalue weighted by Gasteiger charge is -1.99. The van der Waals surface area contributed by atoms with Crippen molar-refractivity contribution in [2.24, 2.45) is 5.92 Å². The van der Waals surface area contributed by atoms with Crippen molar-refractivity contribution in [3.63, 3.8) is 0 Å². The van der Waals surface area contributed by atoms with Crippen LogP contribution < -0.4 is 0 Å². The highest BCUT2D eigenvalue weighted by Crippen LogP contribution is 2.33. The molecule has 1 aliphatic rings. The maximum absolute atomic E-state index is 11.8. The van der Waals surface area contributed by atoms with Crippen LogP contribution in [0.25, 0.3) is 11.5 Å². The van der Waals surface area contributed by atoms with Gasteiger partial charge in [-0.1, -0.05) is 18.2 Å². The van der Waals surface area contributed by atoms with Crippen LogP contribution in [0.4, 0.5) is 0 Å². The first-order valence-electron chi connectivity index (χ1n) is 7.75. The summed E-state index contributed by atoms with van der Waals surface area (Å²) in [7, 11) is 0. The van der Waals surface area contributed by atoms with Crippen molar-refractivity contribution in [2.45, 2.75) is 38.9 Å². The molecule has 0 bridgehead atoms. The largest absolute Gasteiger partial charge is 0.441 e. The maximum atomic E-state index is 11.8. The molecule has 1 fully saturated rings. The molecule has 22 heavy (non-hydrogen) atoms. The summed E-state index contributed by atoms with van der Waals surface area (Å²) in [6.45, 7) is 4.00. The summed E-state index contributed by atoms with van der Waals surface area (Å²) in [6.07, 6.45) is 3.23. The van der Waals surface area contributed by atoms with Crippen LogP contribution in [0.5, 0.6) is 0 Å². The minimum Gasteiger partial charge on any atom is -0.441 e. The summed E-state index contributed by atoms with van der Waals surface area (Å²) in [5.74, 6) is 3.89. The second-order valence-electron chi connectivity index (χ2n) is 6.02. The van der Waals surface area contributed by atoms with E-state index in [1.165, 1.54) is 12.8 Å². The van der Waals surface area contributed by atoms with Crippen molar-refractivity contribution >= 4 is 17.5 Å². The number of nitrogens with zero attached hydrogens (tertiary/aromatic N) is 1. The molecule has 4 heteroatoms. The monoisotopic (exact) mass is 315 g/mol. The zero-order valence-electron chi connectivity index (χ0n) is 13.1. The first-order valence-corrected chi connectivity index (χ1v) is 8.90. The average Bonchev–Trinajstić information content (AvgIpc) is 3.22. The molecule has 1 aliphatic carbocycles. The van der Waals surface area contributed by atoms with E-state index in [1.54, 1.807) is 11.8 Å². The molecule has 0 atom stereocenters. The van der Waals surface area contributed by atoms with Crippen LogP contribution in [0.2, 0.25) is 0 Å². The van der Waals surface area contributed by atoms with Gasteiger partial charge in [-0.05, 0) is 44.2 Å². The molecule has 0 radical (unpaired) electrons. The van der Waals surface area contributed by atoms with Crippen LogP contribution >= 0.6 is 11.8 Å². The van der Waals surface area contributed by atoms with Gasteiger partial charge in [-0.25, -0.2) is 4.98 Å². The molecule has 1 saturated carbocycles. The highest BCUT2D eigenvalue weighted by Gasteiger charge is 2.24. The SMILES string of the molecule is Cc1ccccc1-c1nc(CSCC(=O)CC2CC2)c(C)o1. The third-order valence-electron chi connectivity index (χ3n) is 3.98. The number of ketones is 1. The molecular weight excluding hydrogens is 294 g/mol. The minimum atomic E-state index is 0.368. The van der Waals surface area contributed by atoms with Gasteiger partial charge in [0.05, 0.1) is 11.4 Å². The quantitative estimate of drug-likeness (QED) is 0.751. The maximum Gasteiger partial charge on any atom is 0.226 e. The van der Waals surface area contributed by atoms with Crippen LogP contribution in [0.15, 0.2) is 28.7 Å². The van der Waals surface area contributed by atoms with Crippen molar-refractivity contribution in [1.29, 1.82) is 0 Å². The number of hydrogen-bond acceptors (Lipinski definition) is 4. The van der Waals surface area contributed by atoms with Gasteiger partial charge < -0.3 is 4.42 Å². The van der Waals surface area contributed by atoms with Crippen molar-refractivity contribution in [2.75, 3.05) is 5.75 Å². The second kappa shape index (κ2) is 6.69. The van der Waals surface area contributed by atoms with Crippen molar-refractivity contribution in [3.05, 3.63) is 41.3 Å². The fourth-order valence-corrected chi connectivity index (χ4v) is 3.36. The summed E-state index contributed by atoms with van der Waals surface area (Å²) in [5.41, 5.74) is 3.14. The van der Waals surface area contributed by atoms with E-state index >= 15 is 0 Å². The number of carbonyl (C=O) groups is 1. The number of aryl methyl sites for hydroxylation is 2. The number of thioether (sulfide) groups is 1. The highest BCUT2D eigenvalue weighted by atomic mass is 32.2. The van der Waals surface area contributed by atoms with Gasteiger partial charge >= 0.3 is 0 Å². The van der Waals surface area contributed by atoms with Gasteiger partial charge in [-0.15, -0.1) is 11.8 Å². The van der Waals surface area contributed by atoms with Crippen molar-refractivity contribution < 1.29 is 9.21 Å². The Kier molecular flexibility index (Phi) is 4.67. The Hall–Kier alpha value is -1.55. The summed E-state index contributed by atoms with van der Waals surface area (Å²) < 4.78 is 5.80. The van der Waals surface area contributed by atoms with E-state index in [9.17, 15) is 4.79 Å². The fraction of sp³-hybridized carbons (Fsp3) is 0.444. The Morgan fingerprint density at radius 2 is 2.09 bits per heavy atom. The molecule has 116 valence electrons. The molecule has 0 saturated heterocycles. The first kappa shape index (κ1) is 15.3. The zero-order chi connectivity index (χ0) is 15.5. The van der Waals surface area contributed by atoms with E-state index in [4.69, 9.17) is 4.42 Å². The summed E-state index contributed by atoms with van der Waals surface area (Å²) in [5, 5.41) is 0. The summed E-state index contributed by atoms with van der Waals surface area (Å²) in [6, 6.07) is 8.08. The standard InChI is InChI=1S/C18H21NO2S/c1-12-5-3-4-6-16(12)18-19-17(13(2)21-18)11-22-10-15(20)9-14-7-8-14/h3-6,14H,7-11H2,1-2H3. The molecule has 1 heterocycles. The van der Waals surface area contributed by atoms with E-state index in [-0.39, 0.29) is 0 Å². The third-order valence-corrected chi connectivity index (χ3v) is 4.99. The Balaban J connectivity index is 1.60. The van der Waals surface area contributed by atoms with Crippen molar-refractivity contribution in [1.82, 2.24) is 4.98 Å². The lowest BCUT2D eigenvalue weighted by molar-refractivity contribution is -0.116. The van der Waals surface area contributed by atoms with Crippen LogP contribution in [0.3, 0.4) is 0 Å². The Bertz CT molecular complexity index is 673. The molecule has 0 unspecified atom stereocenters. The predicted molar refractivity (Wildman–Crippen MR) is 89.9 cm³/mol. The fourth-order valence-electron chi connectivity index (χ4n) is 2.45. The number of carbonyl (C=O) groups excluding carboxylic acids is 1. The molecule has 0 spiro atoms. The number of aromatic nitrogens is 1. The smallest absolute Gasteiger partial charge is 0.226 e. The van der Waals surface area contributed by atoms with Crippen molar-refractivity contribution in [3.8, 4) is 11.5 Å². The molecule has 0 N–H and O–H groups in total. The number of Topliss-reactive ketones (excluding diaryl/α,β-unsaturated/α-hetero) is 1. The van der Waals surface area contributed by atoms with E-state index in [0.717, 1.165) is 34.8 Å². The summed E-state index contributed by atoms with van der Waals surface area (Å²) in [4.78, 5) is 16.4. The van der Waals surface area contributed by atoms with Gasteiger partial charge in [0.15, 0.2) is 0 Å². The van der Waals surface area contributed by atoms with Gasteiger partial charge in [0.2, 0.25) is 5.89 Å². The average molecular weight is 315 g/mol.